The number of fused-ring (bicyclic) bond motifs is 1. The highest BCUT2D eigenvalue weighted by Crippen LogP contribution is 2.21. The summed E-state index contributed by atoms with van der Waals surface area (Å²) in [6.45, 7) is 3.92. The Kier molecular flexibility index (Phi) is 4.98. The van der Waals surface area contributed by atoms with Crippen LogP contribution in [0.2, 0.25) is 0 Å². The fourth-order valence-electron chi connectivity index (χ4n) is 2.69. The van der Waals surface area contributed by atoms with E-state index < -0.39 is 5.97 Å². The lowest BCUT2D eigenvalue weighted by Crippen LogP contribution is -2.09. The van der Waals surface area contributed by atoms with Gasteiger partial charge in [0.25, 0.3) is 5.78 Å². The van der Waals surface area contributed by atoms with Crippen molar-refractivity contribution in [3.8, 4) is 0 Å². The molecule has 0 atom stereocenters. The molecule has 0 saturated heterocycles. The predicted molar refractivity (Wildman–Crippen MR) is 106 cm³/mol. The van der Waals surface area contributed by atoms with Crippen LogP contribution >= 0.6 is 11.3 Å². The van der Waals surface area contributed by atoms with E-state index in [-0.39, 0.29) is 13.0 Å². The number of carbonyl (C=O) groups excluding carboxylic acids is 1. The second-order valence-corrected chi connectivity index (χ2v) is 7.11. The van der Waals surface area contributed by atoms with Crippen molar-refractivity contribution in [2.24, 2.45) is 0 Å². The minimum absolute atomic E-state index is 0.0128. The lowest BCUT2D eigenvalue weighted by Gasteiger charge is -2.02. The van der Waals surface area contributed by atoms with E-state index in [2.05, 4.69) is 25.4 Å². The molecule has 8 nitrogen and oxygen atoms in total. The zero-order chi connectivity index (χ0) is 19.5. The van der Waals surface area contributed by atoms with Gasteiger partial charge in [0.1, 0.15) is 13.0 Å². The molecule has 0 amide bonds. The third-order valence-corrected chi connectivity index (χ3v) is 4.73. The van der Waals surface area contributed by atoms with Gasteiger partial charge >= 0.3 is 5.97 Å². The van der Waals surface area contributed by atoms with Gasteiger partial charge in [0.2, 0.25) is 0 Å². The molecule has 0 spiro atoms. The van der Waals surface area contributed by atoms with Gasteiger partial charge in [-0.15, -0.1) is 16.4 Å². The Labute approximate surface area is 165 Å². The van der Waals surface area contributed by atoms with Crippen LogP contribution in [0.3, 0.4) is 0 Å². The number of anilines is 2. The van der Waals surface area contributed by atoms with Crippen molar-refractivity contribution in [3.63, 3.8) is 0 Å². The van der Waals surface area contributed by atoms with E-state index >= 15 is 0 Å². The van der Waals surface area contributed by atoms with Crippen molar-refractivity contribution < 1.29 is 9.53 Å². The molecule has 0 aliphatic heterocycles. The number of hydrogen-bond acceptors (Lipinski definition) is 8. The number of esters is 1. The van der Waals surface area contributed by atoms with Gasteiger partial charge in [0.15, 0.2) is 11.0 Å². The minimum atomic E-state index is -0.407. The second kappa shape index (κ2) is 7.73. The summed E-state index contributed by atoms with van der Waals surface area (Å²) in [5, 5.41) is 10.1. The number of thiazole rings is 1. The number of carbonyl (C=O) groups is 1. The third-order valence-electron chi connectivity index (χ3n) is 3.92. The molecular weight excluding hydrogens is 376 g/mol. The Morgan fingerprint density at radius 2 is 2.00 bits per heavy atom. The molecule has 0 saturated carbocycles. The number of hydrogen-bond donors (Lipinski definition) is 1. The molecule has 142 valence electrons. The van der Waals surface area contributed by atoms with Crippen LogP contribution in [0.25, 0.3) is 5.78 Å². The number of nitrogens with zero attached hydrogens (tertiary/aromatic N) is 5. The molecule has 9 heteroatoms. The van der Waals surface area contributed by atoms with E-state index in [0.29, 0.717) is 17.3 Å². The Morgan fingerprint density at radius 1 is 1.18 bits per heavy atom. The standard InChI is InChI=1S/C19H18N6O2S/c1-12-8-13(2)25-18(20-12)23-16(24-25)9-17(26)27-10-15-11-28-19(22-15)21-14-6-4-3-5-7-14/h3-8,11H,9-10H2,1-2H3,(H,21,22). The Bertz CT molecular complexity index is 1120. The molecular formula is C19H18N6O2S. The second-order valence-electron chi connectivity index (χ2n) is 6.25. The van der Waals surface area contributed by atoms with Crippen molar-refractivity contribution in [3.05, 3.63) is 64.7 Å². The van der Waals surface area contributed by atoms with Gasteiger partial charge in [-0.3, -0.25) is 4.79 Å². The number of ether oxygens (including phenoxy) is 1. The SMILES string of the molecule is Cc1cc(C)n2nc(CC(=O)OCc3csc(Nc4ccccc4)n3)nc2n1. The van der Waals surface area contributed by atoms with Crippen molar-refractivity contribution in [1.82, 2.24) is 24.6 Å². The molecule has 0 bridgehead atoms. The highest BCUT2D eigenvalue weighted by molar-refractivity contribution is 7.13. The number of benzene rings is 1. The van der Waals surface area contributed by atoms with Crippen LogP contribution in [0, 0.1) is 13.8 Å². The van der Waals surface area contributed by atoms with Gasteiger partial charge < -0.3 is 10.1 Å². The summed E-state index contributed by atoms with van der Waals surface area (Å²) >= 11 is 1.46. The first-order valence-electron chi connectivity index (χ1n) is 8.69. The molecule has 0 fully saturated rings. The summed E-state index contributed by atoms with van der Waals surface area (Å²) in [7, 11) is 0. The van der Waals surface area contributed by atoms with Crippen LogP contribution in [0.1, 0.15) is 22.9 Å². The summed E-state index contributed by atoms with van der Waals surface area (Å²) in [4.78, 5) is 25.2. The van der Waals surface area contributed by atoms with Gasteiger partial charge in [0.05, 0.1) is 5.69 Å². The van der Waals surface area contributed by atoms with Crippen molar-refractivity contribution >= 4 is 33.9 Å². The van der Waals surface area contributed by atoms with Gasteiger partial charge in [0, 0.05) is 22.5 Å². The summed E-state index contributed by atoms with van der Waals surface area (Å²) in [6.07, 6.45) is -0.0128. The number of nitrogens with one attached hydrogen (secondary N) is 1. The molecule has 28 heavy (non-hydrogen) atoms. The van der Waals surface area contributed by atoms with Gasteiger partial charge in [-0.25, -0.2) is 14.5 Å². The molecule has 4 aromatic rings. The van der Waals surface area contributed by atoms with Gasteiger partial charge in [-0.1, -0.05) is 18.2 Å². The first-order chi connectivity index (χ1) is 13.6. The van der Waals surface area contributed by atoms with E-state index in [1.165, 1.54) is 11.3 Å². The van der Waals surface area contributed by atoms with Gasteiger partial charge in [-0.05, 0) is 32.0 Å². The van der Waals surface area contributed by atoms with Crippen LogP contribution in [0.4, 0.5) is 10.8 Å². The maximum atomic E-state index is 12.1. The first kappa shape index (κ1) is 18.1. The maximum Gasteiger partial charge on any atom is 0.313 e. The lowest BCUT2D eigenvalue weighted by atomic mass is 10.3. The normalized spacial score (nSPS) is 10.9. The quantitative estimate of drug-likeness (QED) is 0.502. The summed E-state index contributed by atoms with van der Waals surface area (Å²) in [5.74, 6) is 0.461. The molecule has 0 aliphatic carbocycles. The van der Waals surface area contributed by atoms with E-state index in [1.54, 1.807) is 4.52 Å². The molecule has 3 heterocycles. The first-order valence-corrected chi connectivity index (χ1v) is 9.57. The summed E-state index contributed by atoms with van der Waals surface area (Å²) in [5.41, 5.74) is 3.41. The Morgan fingerprint density at radius 3 is 2.82 bits per heavy atom. The summed E-state index contributed by atoms with van der Waals surface area (Å²) in [6, 6.07) is 11.7. The zero-order valence-corrected chi connectivity index (χ0v) is 16.2. The fourth-order valence-corrected chi connectivity index (χ4v) is 3.41. The van der Waals surface area contributed by atoms with Crippen LogP contribution in [-0.2, 0) is 22.6 Å². The smallest absolute Gasteiger partial charge is 0.313 e. The fraction of sp³-hybridized carbons (Fsp3) is 0.211. The largest absolute Gasteiger partial charge is 0.459 e. The Balaban J connectivity index is 1.34. The molecule has 1 N–H and O–H groups in total. The van der Waals surface area contributed by atoms with Crippen molar-refractivity contribution in [1.29, 1.82) is 0 Å². The van der Waals surface area contributed by atoms with E-state index in [0.717, 1.165) is 22.2 Å². The van der Waals surface area contributed by atoms with E-state index in [1.807, 2.05) is 55.6 Å². The van der Waals surface area contributed by atoms with E-state index in [9.17, 15) is 4.79 Å². The monoisotopic (exact) mass is 394 g/mol. The van der Waals surface area contributed by atoms with Crippen LogP contribution < -0.4 is 5.32 Å². The van der Waals surface area contributed by atoms with Crippen LogP contribution in [-0.4, -0.2) is 30.5 Å². The van der Waals surface area contributed by atoms with Crippen LogP contribution in [0.15, 0.2) is 41.8 Å². The highest BCUT2D eigenvalue weighted by atomic mass is 32.1. The molecule has 1 aromatic carbocycles. The maximum absolute atomic E-state index is 12.1. The predicted octanol–water partition coefficient (Wildman–Crippen LogP) is 3.23. The topological polar surface area (TPSA) is 94.3 Å². The van der Waals surface area contributed by atoms with E-state index in [4.69, 9.17) is 4.74 Å². The molecule has 4 rings (SSSR count). The number of aryl methyl sites for hydroxylation is 2. The minimum Gasteiger partial charge on any atom is -0.459 e. The Hall–Kier alpha value is -3.33. The highest BCUT2D eigenvalue weighted by Gasteiger charge is 2.13. The number of rotatable bonds is 6. The molecule has 0 aliphatic rings. The third kappa shape index (κ3) is 4.15. The number of aromatic nitrogens is 5. The lowest BCUT2D eigenvalue weighted by molar-refractivity contribution is -0.144. The average Bonchev–Trinajstić information content (AvgIpc) is 3.27. The molecule has 0 radical (unpaired) electrons. The summed E-state index contributed by atoms with van der Waals surface area (Å²) < 4.78 is 6.94. The van der Waals surface area contributed by atoms with Crippen molar-refractivity contribution in [2.45, 2.75) is 26.9 Å². The van der Waals surface area contributed by atoms with Gasteiger partial charge in [-0.2, -0.15) is 4.98 Å². The zero-order valence-electron chi connectivity index (χ0n) is 15.4. The molecule has 3 aromatic heterocycles. The average molecular weight is 394 g/mol. The van der Waals surface area contributed by atoms with Crippen molar-refractivity contribution in [2.75, 3.05) is 5.32 Å². The molecule has 0 unspecified atom stereocenters. The number of para-hydroxylation sites is 1. The van der Waals surface area contributed by atoms with Crippen LogP contribution in [0.5, 0.6) is 0 Å².